The molecule has 1 aliphatic carbocycles. The monoisotopic (exact) mass is 496 g/mol. The molecule has 0 saturated heterocycles. The van der Waals surface area contributed by atoms with E-state index in [9.17, 15) is 14.7 Å². The number of amides is 1. The first-order valence-corrected chi connectivity index (χ1v) is 12.3. The number of hydrogen-bond acceptors (Lipinski definition) is 5. The minimum Gasteiger partial charge on any atom is -0.481 e. The second kappa shape index (κ2) is 9.58. The molecule has 1 amide bonds. The molecule has 0 aliphatic heterocycles. The van der Waals surface area contributed by atoms with E-state index in [4.69, 9.17) is 9.26 Å². The summed E-state index contributed by atoms with van der Waals surface area (Å²) in [5.41, 5.74) is 5.69. The zero-order chi connectivity index (χ0) is 26.2. The molecule has 1 N–H and O–H groups in total. The number of carboxylic acid groups (broad SMARTS) is 1. The van der Waals surface area contributed by atoms with Gasteiger partial charge in [0.05, 0.1) is 17.7 Å². The molecule has 0 unspecified atom stereocenters. The van der Waals surface area contributed by atoms with Crippen LogP contribution in [0, 0.1) is 13.8 Å². The molecule has 0 atom stereocenters. The Bertz CT molecular complexity index is 1430. The average Bonchev–Trinajstić information content (AvgIpc) is 3.64. The highest BCUT2D eigenvalue weighted by molar-refractivity contribution is 6.00. The fourth-order valence-electron chi connectivity index (χ4n) is 4.57. The smallest absolute Gasteiger partial charge is 0.419 e. The number of hydrogen-bond donors (Lipinski definition) is 1. The number of rotatable bonds is 7. The number of carbonyl (C=O) groups is 2. The molecule has 5 rings (SSSR count). The number of aromatic nitrogens is 1. The molecule has 3 aromatic carbocycles. The molecule has 1 saturated carbocycles. The van der Waals surface area contributed by atoms with Gasteiger partial charge in [0.2, 0.25) is 0 Å². The quantitative estimate of drug-likeness (QED) is 0.295. The lowest BCUT2D eigenvalue weighted by Gasteiger charge is -2.22. The van der Waals surface area contributed by atoms with Crippen LogP contribution >= 0.6 is 0 Å². The van der Waals surface area contributed by atoms with E-state index in [1.54, 1.807) is 13.8 Å². The molecule has 37 heavy (non-hydrogen) atoms. The van der Waals surface area contributed by atoms with Crippen LogP contribution in [0.5, 0.6) is 0 Å². The fourth-order valence-corrected chi connectivity index (χ4v) is 4.57. The number of aryl methyl sites for hydroxylation is 2. The van der Waals surface area contributed by atoms with Crippen molar-refractivity contribution in [2.24, 2.45) is 0 Å². The van der Waals surface area contributed by atoms with Gasteiger partial charge in [-0.3, -0.25) is 4.79 Å². The summed E-state index contributed by atoms with van der Waals surface area (Å²) < 4.78 is 11.1. The zero-order valence-corrected chi connectivity index (χ0v) is 21.0. The van der Waals surface area contributed by atoms with Gasteiger partial charge in [-0.25, -0.2) is 9.69 Å². The predicted octanol–water partition coefficient (Wildman–Crippen LogP) is 7.04. The first-order valence-electron chi connectivity index (χ1n) is 12.3. The van der Waals surface area contributed by atoms with Gasteiger partial charge in [0.15, 0.2) is 5.76 Å². The number of nitrogens with zero attached hydrogens (tertiary/aromatic N) is 2. The van der Waals surface area contributed by atoms with Gasteiger partial charge in [-0.2, -0.15) is 0 Å². The fraction of sp³-hybridized carbons (Fsp3) is 0.233. The Morgan fingerprint density at radius 3 is 2.03 bits per heavy atom. The average molecular weight is 497 g/mol. The van der Waals surface area contributed by atoms with Crippen LogP contribution in [-0.2, 0) is 14.9 Å². The van der Waals surface area contributed by atoms with Gasteiger partial charge in [-0.15, -0.1) is 0 Å². The maximum atomic E-state index is 13.0. The van der Waals surface area contributed by atoms with Gasteiger partial charge in [0.25, 0.3) is 0 Å². The topological polar surface area (TPSA) is 92.9 Å². The molecular weight excluding hydrogens is 468 g/mol. The van der Waals surface area contributed by atoms with Crippen molar-refractivity contribution in [3.05, 3.63) is 89.6 Å². The summed E-state index contributed by atoms with van der Waals surface area (Å²) in [6, 6.07) is 23.1. The predicted molar refractivity (Wildman–Crippen MR) is 141 cm³/mol. The summed E-state index contributed by atoms with van der Waals surface area (Å²) in [6.07, 6.45) is 0.854. The number of anilines is 2. The van der Waals surface area contributed by atoms with Gasteiger partial charge >= 0.3 is 12.1 Å². The summed E-state index contributed by atoms with van der Waals surface area (Å²) in [6.45, 7) is 5.79. The van der Waals surface area contributed by atoms with Crippen LogP contribution < -0.4 is 4.90 Å². The van der Waals surface area contributed by atoms with E-state index in [2.05, 4.69) is 5.16 Å². The summed E-state index contributed by atoms with van der Waals surface area (Å²) in [7, 11) is 0. The summed E-state index contributed by atoms with van der Waals surface area (Å²) in [4.78, 5) is 26.2. The molecule has 1 heterocycles. The Morgan fingerprint density at radius 2 is 1.49 bits per heavy atom. The van der Waals surface area contributed by atoms with Crippen molar-refractivity contribution in [3.8, 4) is 22.5 Å². The third-order valence-electron chi connectivity index (χ3n) is 6.88. The number of benzene rings is 3. The lowest BCUT2D eigenvalue weighted by Crippen LogP contribution is -2.27. The molecule has 1 aromatic heterocycles. The minimum atomic E-state index is -0.759. The van der Waals surface area contributed by atoms with E-state index in [1.165, 1.54) is 4.90 Å². The van der Waals surface area contributed by atoms with Crippen molar-refractivity contribution >= 4 is 23.4 Å². The van der Waals surface area contributed by atoms with Gasteiger partial charge in [0.1, 0.15) is 11.4 Å². The van der Waals surface area contributed by atoms with E-state index in [1.807, 2.05) is 79.7 Å². The van der Waals surface area contributed by atoms with E-state index in [0.29, 0.717) is 35.7 Å². The summed E-state index contributed by atoms with van der Waals surface area (Å²) in [5, 5.41) is 13.7. The molecule has 188 valence electrons. The number of ether oxygens (including phenoxy) is 1. The molecule has 7 nitrogen and oxygen atoms in total. The highest BCUT2D eigenvalue weighted by atomic mass is 16.6. The van der Waals surface area contributed by atoms with Crippen LogP contribution in [-0.4, -0.2) is 28.9 Å². The van der Waals surface area contributed by atoms with Crippen molar-refractivity contribution in [3.63, 3.8) is 0 Å². The van der Waals surface area contributed by atoms with Crippen LogP contribution in [0.25, 0.3) is 22.5 Å². The third-order valence-corrected chi connectivity index (χ3v) is 6.88. The molecule has 1 fully saturated rings. The van der Waals surface area contributed by atoms with E-state index >= 15 is 0 Å². The normalized spacial score (nSPS) is 13.7. The standard InChI is InChI=1S/C30H28N2O5/c1-4-36-29(35)32(25-15-5-19(2)6-16-25)26-20(3)31-37-27(26)23-9-7-21(8-10-23)22-11-13-24(14-12-22)30(17-18-30)28(33)34/h5-16H,4,17-18H2,1-3H3,(H,33,34). The van der Waals surface area contributed by atoms with Crippen LogP contribution in [0.4, 0.5) is 16.2 Å². The minimum absolute atomic E-state index is 0.238. The Labute approximate surface area is 215 Å². The lowest BCUT2D eigenvalue weighted by atomic mass is 9.93. The highest BCUT2D eigenvalue weighted by Crippen LogP contribution is 2.48. The first kappa shape index (κ1) is 24.3. The molecule has 0 bridgehead atoms. The molecule has 7 heteroatoms. The molecule has 1 aliphatic rings. The lowest BCUT2D eigenvalue weighted by molar-refractivity contribution is -0.140. The van der Waals surface area contributed by atoms with Crippen molar-refractivity contribution in [1.29, 1.82) is 0 Å². The zero-order valence-electron chi connectivity index (χ0n) is 21.0. The highest BCUT2D eigenvalue weighted by Gasteiger charge is 2.51. The van der Waals surface area contributed by atoms with E-state index in [0.717, 1.165) is 27.8 Å². The van der Waals surface area contributed by atoms with E-state index in [-0.39, 0.29) is 6.61 Å². The molecular formula is C30H28N2O5. The maximum Gasteiger partial charge on any atom is 0.419 e. The first-order chi connectivity index (χ1) is 17.8. The Balaban J connectivity index is 1.47. The molecule has 0 spiro atoms. The second-order valence-electron chi connectivity index (χ2n) is 9.36. The van der Waals surface area contributed by atoms with Crippen LogP contribution in [0.2, 0.25) is 0 Å². The maximum absolute atomic E-state index is 13.0. The Kier molecular flexibility index (Phi) is 6.29. The van der Waals surface area contributed by atoms with Gasteiger partial charge in [-0.05, 0) is 62.4 Å². The van der Waals surface area contributed by atoms with Gasteiger partial charge in [-0.1, -0.05) is 71.4 Å². The van der Waals surface area contributed by atoms with E-state index < -0.39 is 17.5 Å². The van der Waals surface area contributed by atoms with Crippen molar-refractivity contribution in [1.82, 2.24) is 5.16 Å². The Morgan fingerprint density at radius 1 is 0.919 bits per heavy atom. The van der Waals surface area contributed by atoms with Crippen molar-refractivity contribution in [2.75, 3.05) is 11.5 Å². The second-order valence-corrected chi connectivity index (χ2v) is 9.36. The number of carboxylic acids is 1. The molecule has 0 radical (unpaired) electrons. The Hall–Kier alpha value is -4.39. The SMILES string of the molecule is CCOC(=O)N(c1ccc(C)cc1)c1c(C)noc1-c1ccc(-c2ccc(C3(C(=O)O)CC3)cc2)cc1. The summed E-state index contributed by atoms with van der Waals surface area (Å²) in [5.74, 6) is -0.296. The van der Waals surface area contributed by atoms with Crippen LogP contribution in [0.1, 0.15) is 36.6 Å². The van der Waals surface area contributed by atoms with Gasteiger partial charge in [0, 0.05) is 5.56 Å². The van der Waals surface area contributed by atoms with Crippen molar-refractivity contribution < 1.29 is 24.0 Å². The van der Waals surface area contributed by atoms with Crippen LogP contribution in [0.3, 0.4) is 0 Å². The number of carbonyl (C=O) groups excluding carboxylic acids is 1. The van der Waals surface area contributed by atoms with Gasteiger partial charge < -0.3 is 14.4 Å². The summed E-state index contributed by atoms with van der Waals surface area (Å²) >= 11 is 0. The van der Waals surface area contributed by atoms with Crippen LogP contribution in [0.15, 0.2) is 77.3 Å². The largest absolute Gasteiger partial charge is 0.481 e. The van der Waals surface area contributed by atoms with Crippen molar-refractivity contribution in [2.45, 2.75) is 39.0 Å². The molecule has 4 aromatic rings. The number of aliphatic carboxylic acids is 1. The third kappa shape index (κ3) is 4.48.